The van der Waals surface area contributed by atoms with Crippen LogP contribution in [0.5, 0.6) is 0 Å². The third-order valence-corrected chi connectivity index (χ3v) is 4.98. The second kappa shape index (κ2) is 7.62. The van der Waals surface area contributed by atoms with E-state index in [1.807, 2.05) is 25.1 Å². The third-order valence-electron chi connectivity index (χ3n) is 4.98. The van der Waals surface area contributed by atoms with Crippen LogP contribution in [-0.4, -0.2) is 22.0 Å². The third kappa shape index (κ3) is 4.12. The lowest BCUT2D eigenvalue weighted by Gasteiger charge is -2.10. The molecule has 4 heteroatoms. The summed E-state index contributed by atoms with van der Waals surface area (Å²) in [5.41, 5.74) is 2.23. The quantitative estimate of drug-likeness (QED) is 0.790. The highest BCUT2D eigenvalue weighted by Crippen LogP contribution is 2.28. The highest BCUT2D eigenvalue weighted by molar-refractivity contribution is 5.76. The molecule has 0 atom stereocenters. The molecule has 0 saturated heterocycles. The largest absolute Gasteiger partial charge is 0.356 e. The number of hydrogen-bond donors (Lipinski definition) is 1. The number of carbonyl (C=O) groups is 1. The molecule has 2 aromatic rings. The smallest absolute Gasteiger partial charge is 0.220 e. The summed E-state index contributed by atoms with van der Waals surface area (Å²) < 4.78 is 2.24. The normalized spacial score (nSPS) is 15.3. The summed E-state index contributed by atoms with van der Waals surface area (Å²) in [6.07, 6.45) is 8.04. The molecule has 4 nitrogen and oxygen atoms in total. The number of hydrogen-bond acceptors (Lipinski definition) is 2. The van der Waals surface area contributed by atoms with Crippen molar-refractivity contribution >= 4 is 16.9 Å². The van der Waals surface area contributed by atoms with E-state index in [0.29, 0.717) is 6.42 Å². The van der Waals surface area contributed by atoms with Crippen molar-refractivity contribution in [2.24, 2.45) is 5.92 Å². The van der Waals surface area contributed by atoms with Gasteiger partial charge in [-0.05, 0) is 37.8 Å². The van der Waals surface area contributed by atoms with Crippen LogP contribution in [0.1, 0.15) is 50.8 Å². The van der Waals surface area contributed by atoms with Crippen LogP contribution in [0.4, 0.5) is 0 Å². The van der Waals surface area contributed by atoms with Gasteiger partial charge < -0.3 is 9.88 Å². The van der Waals surface area contributed by atoms with E-state index in [1.54, 1.807) is 0 Å². The molecule has 1 N–H and O–H groups in total. The molecule has 1 heterocycles. The van der Waals surface area contributed by atoms with E-state index < -0.39 is 0 Å². The molecular formula is C19H27N3O. The van der Waals surface area contributed by atoms with Crippen LogP contribution in [0.15, 0.2) is 24.3 Å². The van der Waals surface area contributed by atoms with Crippen molar-refractivity contribution in [3.63, 3.8) is 0 Å². The molecule has 1 aromatic heterocycles. The van der Waals surface area contributed by atoms with Crippen molar-refractivity contribution in [3.8, 4) is 0 Å². The summed E-state index contributed by atoms with van der Waals surface area (Å²) in [6, 6.07) is 8.22. The molecule has 124 valence electrons. The first-order chi connectivity index (χ1) is 11.2. The first-order valence-electron chi connectivity index (χ1n) is 8.92. The number of benzene rings is 1. The van der Waals surface area contributed by atoms with Gasteiger partial charge in [0.2, 0.25) is 5.91 Å². The van der Waals surface area contributed by atoms with E-state index in [4.69, 9.17) is 0 Å². The lowest BCUT2D eigenvalue weighted by Crippen LogP contribution is -2.25. The van der Waals surface area contributed by atoms with Crippen molar-refractivity contribution in [3.05, 3.63) is 30.1 Å². The summed E-state index contributed by atoms with van der Waals surface area (Å²) in [6.45, 7) is 3.69. The summed E-state index contributed by atoms with van der Waals surface area (Å²) in [4.78, 5) is 16.5. The van der Waals surface area contributed by atoms with Crippen LogP contribution in [0.2, 0.25) is 0 Å². The number of amides is 1. The van der Waals surface area contributed by atoms with Crippen LogP contribution in [0.3, 0.4) is 0 Å². The maximum atomic E-state index is 11.9. The Bertz CT molecular complexity index is 656. The zero-order valence-electron chi connectivity index (χ0n) is 14.1. The Morgan fingerprint density at radius 3 is 2.91 bits per heavy atom. The number of carbonyl (C=O) groups excluding carboxylic acids is 1. The second-order valence-corrected chi connectivity index (χ2v) is 6.69. The fourth-order valence-corrected chi connectivity index (χ4v) is 3.67. The Morgan fingerprint density at radius 1 is 1.30 bits per heavy atom. The molecule has 0 spiro atoms. The molecule has 23 heavy (non-hydrogen) atoms. The number of para-hydroxylation sites is 2. The molecular weight excluding hydrogens is 286 g/mol. The van der Waals surface area contributed by atoms with Gasteiger partial charge in [0.25, 0.3) is 0 Å². The minimum absolute atomic E-state index is 0.212. The van der Waals surface area contributed by atoms with Gasteiger partial charge in [0, 0.05) is 19.5 Å². The van der Waals surface area contributed by atoms with Crippen LogP contribution in [-0.2, 0) is 11.3 Å². The molecule has 1 aromatic carbocycles. The molecule has 0 radical (unpaired) electrons. The van der Waals surface area contributed by atoms with Gasteiger partial charge in [0.15, 0.2) is 0 Å². The van der Waals surface area contributed by atoms with Gasteiger partial charge in [-0.25, -0.2) is 4.98 Å². The standard InChI is InChI=1S/C19H27N3O/c1-15-21-17-9-4-5-10-18(17)22(15)14-6-13-20-19(23)12-11-16-7-2-3-8-16/h4-5,9-10,16H,2-3,6-8,11-14H2,1H3,(H,20,23). The number of imidazole rings is 1. The Morgan fingerprint density at radius 2 is 2.09 bits per heavy atom. The summed E-state index contributed by atoms with van der Waals surface area (Å²) in [5, 5.41) is 3.06. The van der Waals surface area contributed by atoms with E-state index in [-0.39, 0.29) is 5.91 Å². The van der Waals surface area contributed by atoms with Gasteiger partial charge in [0.1, 0.15) is 5.82 Å². The van der Waals surface area contributed by atoms with Gasteiger partial charge in [-0.2, -0.15) is 0 Å². The SMILES string of the molecule is Cc1nc2ccccc2n1CCCNC(=O)CCC1CCCC1. The highest BCUT2D eigenvalue weighted by Gasteiger charge is 2.15. The van der Waals surface area contributed by atoms with Gasteiger partial charge in [0.05, 0.1) is 11.0 Å². The number of nitrogens with one attached hydrogen (secondary N) is 1. The fourth-order valence-electron chi connectivity index (χ4n) is 3.67. The van der Waals surface area contributed by atoms with Crippen LogP contribution < -0.4 is 5.32 Å². The molecule has 1 saturated carbocycles. The minimum Gasteiger partial charge on any atom is -0.356 e. The lowest BCUT2D eigenvalue weighted by atomic mass is 10.0. The molecule has 1 aliphatic carbocycles. The maximum absolute atomic E-state index is 11.9. The molecule has 0 aliphatic heterocycles. The van der Waals surface area contributed by atoms with E-state index in [0.717, 1.165) is 43.2 Å². The Hall–Kier alpha value is -1.84. The van der Waals surface area contributed by atoms with E-state index in [2.05, 4.69) is 20.9 Å². The Kier molecular flexibility index (Phi) is 5.31. The monoisotopic (exact) mass is 313 g/mol. The summed E-state index contributed by atoms with van der Waals surface area (Å²) in [7, 11) is 0. The van der Waals surface area contributed by atoms with Crippen molar-refractivity contribution in [2.75, 3.05) is 6.54 Å². The Labute approximate surface area is 138 Å². The first kappa shape index (κ1) is 16.0. The van der Waals surface area contributed by atoms with Crippen molar-refractivity contribution in [1.29, 1.82) is 0 Å². The molecule has 0 unspecified atom stereocenters. The number of fused-ring (bicyclic) bond motifs is 1. The maximum Gasteiger partial charge on any atom is 0.220 e. The van der Waals surface area contributed by atoms with Crippen molar-refractivity contribution in [1.82, 2.24) is 14.9 Å². The number of aromatic nitrogens is 2. The molecule has 1 aliphatic rings. The summed E-state index contributed by atoms with van der Waals surface area (Å²) >= 11 is 0. The first-order valence-corrected chi connectivity index (χ1v) is 8.92. The van der Waals surface area contributed by atoms with Crippen molar-refractivity contribution in [2.45, 2.75) is 58.4 Å². The zero-order valence-corrected chi connectivity index (χ0v) is 14.1. The second-order valence-electron chi connectivity index (χ2n) is 6.69. The van der Waals surface area contributed by atoms with Gasteiger partial charge in [-0.3, -0.25) is 4.79 Å². The van der Waals surface area contributed by atoms with Gasteiger partial charge in [-0.1, -0.05) is 37.8 Å². The minimum atomic E-state index is 0.212. The molecule has 3 rings (SSSR count). The predicted octanol–water partition coefficient (Wildman–Crippen LogP) is 3.82. The van der Waals surface area contributed by atoms with Gasteiger partial charge in [-0.15, -0.1) is 0 Å². The lowest BCUT2D eigenvalue weighted by molar-refractivity contribution is -0.121. The predicted molar refractivity (Wildman–Crippen MR) is 93.3 cm³/mol. The number of rotatable bonds is 7. The average Bonchev–Trinajstić information content (AvgIpc) is 3.17. The number of nitrogens with zero attached hydrogens (tertiary/aromatic N) is 2. The van der Waals surface area contributed by atoms with Gasteiger partial charge >= 0.3 is 0 Å². The Balaban J connectivity index is 1.40. The van der Waals surface area contributed by atoms with E-state index in [9.17, 15) is 4.79 Å². The van der Waals surface area contributed by atoms with Crippen LogP contribution in [0.25, 0.3) is 11.0 Å². The fraction of sp³-hybridized carbons (Fsp3) is 0.579. The van der Waals surface area contributed by atoms with E-state index in [1.165, 1.54) is 31.2 Å². The van der Waals surface area contributed by atoms with Crippen LogP contribution in [0, 0.1) is 12.8 Å². The zero-order chi connectivity index (χ0) is 16.1. The van der Waals surface area contributed by atoms with E-state index >= 15 is 0 Å². The summed E-state index contributed by atoms with van der Waals surface area (Å²) in [5.74, 6) is 2.04. The average molecular weight is 313 g/mol. The topological polar surface area (TPSA) is 46.9 Å². The van der Waals surface area contributed by atoms with Crippen molar-refractivity contribution < 1.29 is 4.79 Å². The number of aryl methyl sites for hydroxylation is 2. The molecule has 0 bridgehead atoms. The molecule has 1 fully saturated rings. The molecule has 1 amide bonds. The van der Waals surface area contributed by atoms with Crippen LogP contribution >= 0.6 is 0 Å². The highest BCUT2D eigenvalue weighted by atomic mass is 16.1.